The van der Waals surface area contributed by atoms with Gasteiger partial charge in [-0.2, -0.15) is 8.78 Å². The predicted octanol–water partition coefficient (Wildman–Crippen LogP) is 2.49. The summed E-state index contributed by atoms with van der Waals surface area (Å²) in [6, 6.07) is 0. The molecular formula is C23H23F5O11S. The van der Waals surface area contributed by atoms with Crippen molar-refractivity contribution in [3.63, 3.8) is 0 Å². The number of halogens is 5. The van der Waals surface area contributed by atoms with Crippen LogP contribution in [0.25, 0.3) is 0 Å². The van der Waals surface area contributed by atoms with Gasteiger partial charge in [0.15, 0.2) is 18.3 Å². The molecule has 1 saturated heterocycles. The van der Waals surface area contributed by atoms with Crippen LogP contribution in [0.3, 0.4) is 0 Å². The number of thioether (sulfide) groups is 1. The second kappa shape index (κ2) is 14.2. The first-order valence-corrected chi connectivity index (χ1v) is 12.3. The number of ether oxygens (including phenoxy) is 6. The van der Waals surface area contributed by atoms with Crippen molar-refractivity contribution in [2.75, 3.05) is 12.4 Å². The molecule has 0 radical (unpaired) electrons. The van der Waals surface area contributed by atoms with E-state index in [0.29, 0.717) is 0 Å². The minimum Gasteiger partial charge on any atom is -0.463 e. The summed E-state index contributed by atoms with van der Waals surface area (Å²) in [5.41, 5.74) is -1.28. The first-order chi connectivity index (χ1) is 18.6. The number of hydrogen-bond acceptors (Lipinski definition) is 12. The molecule has 1 aliphatic heterocycles. The second-order valence-corrected chi connectivity index (χ2v) is 9.27. The molecule has 40 heavy (non-hydrogen) atoms. The molecular weight excluding hydrogens is 579 g/mol. The molecule has 0 aromatic heterocycles. The summed E-state index contributed by atoms with van der Waals surface area (Å²) in [6.45, 7) is 3.64. The Morgan fingerprint density at radius 2 is 1.18 bits per heavy atom. The van der Waals surface area contributed by atoms with Gasteiger partial charge in [-0.3, -0.25) is 24.0 Å². The summed E-state index contributed by atoms with van der Waals surface area (Å²) in [4.78, 5) is 58.8. The van der Waals surface area contributed by atoms with Crippen LogP contribution in [-0.2, 0) is 47.7 Å². The number of benzene rings is 1. The lowest BCUT2D eigenvalue weighted by atomic mass is 9.99. The van der Waals surface area contributed by atoms with E-state index in [1.807, 2.05) is 0 Å². The van der Waals surface area contributed by atoms with Crippen molar-refractivity contribution in [1.82, 2.24) is 0 Å². The Hall–Kier alpha value is -3.47. The molecule has 0 unspecified atom stereocenters. The van der Waals surface area contributed by atoms with Gasteiger partial charge in [0.2, 0.25) is 34.8 Å². The van der Waals surface area contributed by atoms with Crippen molar-refractivity contribution >= 4 is 41.6 Å². The number of rotatable bonds is 10. The quantitative estimate of drug-likeness (QED) is 0.0971. The van der Waals surface area contributed by atoms with Gasteiger partial charge < -0.3 is 28.4 Å². The van der Waals surface area contributed by atoms with Gasteiger partial charge in [0.25, 0.3) is 0 Å². The Balaban J connectivity index is 2.26. The summed E-state index contributed by atoms with van der Waals surface area (Å²) in [5.74, 6) is -18.6. The van der Waals surface area contributed by atoms with Crippen molar-refractivity contribution in [2.45, 2.75) is 64.0 Å². The lowest BCUT2D eigenvalue weighted by molar-refractivity contribution is -0.237. The van der Waals surface area contributed by atoms with Gasteiger partial charge in [-0.05, 0) is 0 Å². The summed E-state index contributed by atoms with van der Waals surface area (Å²) in [7, 11) is 0. The number of esters is 5. The fraction of sp³-hybridized carbons (Fsp3) is 0.522. The van der Waals surface area contributed by atoms with Crippen molar-refractivity contribution in [3.8, 4) is 5.75 Å². The third kappa shape index (κ3) is 8.51. The molecule has 0 spiro atoms. The summed E-state index contributed by atoms with van der Waals surface area (Å²) in [6.07, 6.45) is -6.28. The van der Waals surface area contributed by atoms with Gasteiger partial charge in [0.05, 0.1) is 6.42 Å². The van der Waals surface area contributed by atoms with Gasteiger partial charge in [0.1, 0.15) is 18.1 Å². The molecule has 0 saturated carbocycles. The fourth-order valence-electron chi connectivity index (χ4n) is 3.42. The Labute approximate surface area is 227 Å². The van der Waals surface area contributed by atoms with Crippen LogP contribution in [-0.4, -0.2) is 72.1 Å². The molecule has 1 aromatic rings. The largest absolute Gasteiger partial charge is 0.463 e. The van der Waals surface area contributed by atoms with E-state index >= 15 is 0 Å². The molecule has 222 valence electrons. The van der Waals surface area contributed by atoms with Gasteiger partial charge in [-0.15, -0.1) is 11.8 Å². The highest BCUT2D eigenvalue weighted by molar-refractivity contribution is 7.99. The van der Waals surface area contributed by atoms with Gasteiger partial charge >= 0.3 is 29.8 Å². The third-order valence-corrected chi connectivity index (χ3v) is 6.07. The van der Waals surface area contributed by atoms with E-state index in [0.717, 1.165) is 39.5 Å². The van der Waals surface area contributed by atoms with E-state index in [4.69, 9.17) is 23.7 Å². The standard InChI is InChI=1S/C23H23F5O11S/c1-8(29)34-7-12-19(35-9(2)30)21(36-10(3)31)22(37-11(4)32)23(38-12)40-6-5-13(33)39-20-17(27)15(25)14(24)16(26)18(20)28/h12,19,21-23H,5-7H2,1-4H3/t12-,19+,21+,22-,23+/m1/s1. The van der Waals surface area contributed by atoms with E-state index < -0.39 is 108 Å². The summed E-state index contributed by atoms with van der Waals surface area (Å²) < 4.78 is 98.3. The minimum atomic E-state index is -2.44. The van der Waals surface area contributed by atoms with E-state index in [2.05, 4.69) is 4.74 Å². The van der Waals surface area contributed by atoms with Crippen LogP contribution < -0.4 is 4.74 Å². The van der Waals surface area contributed by atoms with Crippen molar-refractivity contribution in [1.29, 1.82) is 0 Å². The van der Waals surface area contributed by atoms with E-state index in [-0.39, 0.29) is 5.75 Å². The lowest BCUT2D eigenvalue weighted by Gasteiger charge is -2.44. The van der Waals surface area contributed by atoms with E-state index in [1.54, 1.807) is 0 Å². The molecule has 2 rings (SSSR count). The monoisotopic (exact) mass is 602 g/mol. The second-order valence-electron chi connectivity index (χ2n) is 8.06. The maximum Gasteiger partial charge on any atom is 0.312 e. The Morgan fingerprint density at radius 1 is 0.700 bits per heavy atom. The van der Waals surface area contributed by atoms with Gasteiger partial charge in [0, 0.05) is 33.4 Å². The summed E-state index contributed by atoms with van der Waals surface area (Å²) in [5, 5.41) is 0. The average Bonchev–Trinajstić information content (AvgIpc) is 2.85. The zero-order valence-electron chi connectivity index (χ0n) is 21.3. The first-order valence-electron chi connectivity index (χ1n) is 11.3. The zero-order valence-corrected chi connectivity index (χ0v) is 22.1. The smallest absolute Gasteiger partial charge is 0.312 e. The molecule has 17 heteroatoms. The van der Waals surface area contributed by atoms with E-state index in [9.17, 15) is 45.9 Å². The zero-order chi connectivity index (χ0) is 30.3. The number of carbonyl (C=O) groups is 5. The maximum atomic E-state index is 13.8. The molecule has 5 atom stereocenters. The first kappa shape index (κ1) is 32.7. The normalized spacial score (nSPS) is 22.2. The van der Waals surface area contributed by atoms with Crippen LogP contribution in [0.1, 0.15) is 34.1 Å². The van der Waals surface area contributed by atoms with Crippen molar-refractivity contribution in [2.24, 2.45) is 0 Å². The molecule has 0 bridgehead atoms. The lowest BCUT2D eigenvalue weighted by Crippen LogP contribution is -2.61. The van der Waals surface area contributed by atoms with E-state index in [1.165, 1.54) is 0 Å². The molecule has 0 aliphatic carbocycles. The minimum absolute atomic E-state index is 0.317. The Kier molecular flexibility index (Phi) is 11.7. The molecule has 0 amide bonds. The highest BCUT2D eigenvalue weighted by atomic mass is 32.2. The number of hydrogen-bond donors (Lipinski definition) is 0. The highest BCUT2D eigenvalue weighted by Gasteiger charge is 2.52. The van der Waals surface area contributed by atoms with Crippen LogP contribution in [0.5, 0.6) is 5.75 Å². The highest BCUT2D eigenvalue weighted by Crippen LogP contribution is 2.35. The van der Waals surface area contributed by atoms with Crippen LogP contribution in [0.2, 0.25) is 0 Å². The molecule has 0 N–H and O–H groups in total. The molecule has 1 aliphatic rings. The number of carbonyl (C=O) groups excluding carboxylic acids is 5. The van der Waals surface area contributed by atoms with Crippen LogP contribution >= 0.6 is 11.8 Å². The molecule has 1 heterocycles. The third-order valence-electron chi connectivity index (χ3n) is 4.92. The SMILES string of the molecule is CC(=O)OC[C@H]1O[C@@H](SCCC(=O)Oc2c(F)c(F)c(F)c(F)c2F)[C@H](OC(C)=O)[C@@H](OC(C)=O)[C@H]1OC(C)=O. The van der Waals surface area contributed by atoms with Crippen molar-refractivity contribution in [3.05, 3.63) is 29.1 Å². The fourth-order valence-corrected chi connectivity index (χ4v) is 4.56. The predicted molar refractivity (Wildman–Crippen MR) is 121 cm³/mol. The Bertz CT molecular complexity index is 1140. The molecule has 1 aromatic carbocycles. The maximum absolute atomic E-state index is 13.8. The summed E-state index contributed by atoms with van der Waals surface area (Å²) >= 11 is 0.725. The van der Waals surface area contributed by atoms with Gasteiger partial charge in [-0.1, -0.05) is 0 Å². The Morgan fingerprint density at radius 3 is 1.68 bits per heavy atom. The topological polar surface area (TPSA) is 141 Å². The molecule has 1 fully saturated rings. The van der Waals surface area contributed by atoms with Crippen LogP contribution in [0, 0.1) is 29.1 Å². The average molecular weight is 602 g/mol. The van der Waals surface area contributed by atoms with Crippen LogP contribution in [0.4, 0.5) is 22.0 Å². The van der Waals surface area contributed by atoms with Crippen molar-refractivity contribution < 1.29 is 74.3 Å². The van der Waals surface area contributed by atoms with Gasteiger partial charge in [-0.25, -0.2) is 13.2 Å². The van der Waals surface area contributed by atoms with Crippen LogP contribution in [0.15, 0.2) is 0 Å². The molecule has 11 nitrogen and oxygen atoms in total.